The van der Waals surface area contributed by atoms with Gasteiger partial charge in [-0.1, -0.05) is 54.6 Å². The third kappa shape index (κ3) is 7.77. The highest BCUT2D eigenvalue weighted by molar-refractivity contribution is 7.32. The zero-order valence-corrected chi connectivity index (χ0v) is 29.4. The van der Waals surface area contributed by atoms with Gasteiger partial charge in [-0.2, -0.15) is 0 Å². The molecule has 2 N–H and O–H groups in total. The third-order valence-electron chi connectivity index (χ3n) is 8.85. The van der Waals surface area contributed by atoms with E-state index in [4.69, 9.17) is 23.5 Å². The van der Waals surface area contributed by atoms with E-state index in [0.29, 0.717) is 11.3 Å². The van der Waals surface area contributed by atoms with Gasteiger partial charge in [0.15, 0.2) is 35.5 Å². The number of hydrogen-bond donors (Lipinski definition) is 2. The molecule has 1 fully saturated rings. The smallest absolute Gasteiger partial charge is 0.497 e. The molecule has 13 nitrogen and oxygen atoms in total. The Morgan fingerprint density at radius 2 is 1.58 bits per heavy atom. The lowest BCUT2D eigenvalue weighted by molar-refractivity contribution is -0.0634. The number of amides is 1. The highest BCUT2D eigenvalue weighted by Crippen LogP contribution is 2.40. The van der Waals surface area contributed by atoms with Crippen molar-refractivity contribution in [3.63, 3.8) is 0 Å². The van der Waals surface area contributed by atoms with Gasteiger partial charge in [-0.15, -0.1) is 9.42 Å². The summed E-state index contributed by atoms with van der Waals surface area (Å²) in [4.78, 5) is 35.2. The normalized spacial score (nSPS) is 18.5. The molecule has 0 radical (unpaired) electrons. The average Bonchev–Trinajstić information content (AvgIpc) is 3.75. The SMILES string of the molecule is COc1ccc(-c2ccc(COC[C@H]3O[C@@H](n4cnc5c(NC(=O)c6ccccc6)ncnc54)[C@H](F)[C@@H]3O[P+](=O)O)c(-c3ccc(OC)cc3)c2)cc1. The van der Waals surface area contributed by atoms with Crippen LogP contribution in [-0.4, -0.2) is 69.5 Å². The first-order valence-electron chi connectivity index (χ1n) is 16.5. The van der Waals surface area contributed by atoms with Gasteiger partial charge >= 0.3 is 8.25 Å². The number of methoxy groups -OCH3 is 2. The van der Waals surface area contributed by atoms with Crippen molar-refractivity contribution < 1.29 is 42.1 Å². The maximum absolute atomic E-state index is 16.1. The monoisotopic (exact) mass is 738 g/mol. The lowest BCUT2D eigenvalue weighted by Crippen LogP contribution is -2.33. The molecule has 0 spiro atoms. The number of rotatable bonds is 13. The number of nitrogens with zero attached hydrogens (tertiary/aromatic N) is 4. The maximum Gasteiger partial charge on any atom is 0.695 e. The minimum atomic E-state index is -3.18. The molecule has 1 saturated heterocycles. The number of nitrogens with one attached hydrogen (secondary N) is 1. The molecule has 1 aliphatic heterocycles. The van der Waals surface area contributed by atoms with Crippen LogP contribution >= 0.6 is 8.25 Å². The lowest BCUT2D eigenvalue weighted by Gasteiger charge is -2.17. The van der Waals surface area contributed by atoms with Gasteiger partial charge in [0.1, 0.15) is 23.9 Å². The van der Waals surface area contributed by atoms with Gasteiger partial charge < -0.3 is 24.3 Å². The molecule has 53 heavy (non-hydrogen) atoms. The summed E-state index contributed by atoms with van der Waals surface area (Å²) in [6.45, 7) is -0.0670. The molecule has 1 aliphatic rings. The number of ether oxygens (including phenoxy) is 4. The molecule has 0 saturated carbocycles. The Bertz CT molecular complexity index is 2220. The number of carbonyl (C=O) groups excluding carboxylic acids is 1. The van der Waals surface area contributed by atoms with Crippen LogP contribution in [0.15, 0.2) is 110 Å². The van der Waals surface area contributed by atoms with Crippen molar-refractivity contribution in [2.75, 3.05) is 26.1 Å². The number of halogens is 1. The van der Waals surface area contributed by atoms with E-state index in [1.165, 1.54) is 17.2 Å². The van der Waals surface area contributed by atoms with Crippen LogP contribution in [0.1, 0.15) is 22.1 Å². The van der Waals surface area contributed by atoms with Crippen molar-refractivity contribution >= 4 is 31.1 Å². The Hall–Kier alpha value is -5.63. The van der Waals surface area contributed by atoms with Crippen molar-refractivity contribution in [2.45, 2.75) is 31.2 Å². The van der Waals surface area contributed by atoms with Gasteiger partial charge in [0.05, 0.1) is 33.8 Å². The number of hydrogen-bond acceptors (Lipinski definition) is 10. The Morgan fingerprint density at radius 1 is 0.906 bits per heavy atom. The molecule has 270 valence electrons. The van der Waals surface area contributed by atoms with Crippen molar-refractivity contribution in [3.8, 4) is 33.8 Å². The van der Waals surface area contributed by atoms with Gasteiger partial charge in [-0.3, -0.25) is 9.36 Å². The molecule has 15 heteroatoms. The topological polar surface area (TPSA) is 156 Å². The standard InChI is InChI=1S/C38H33FN5O8P/c1-48-28-14-10-23(11-15-28)26-8-9-27(30(18-26)24-12-16-29(49-2)17-13-24)19-50-20-31-34(52-53(46)47)32(39)38(51-31)44-22-42-33-35(40-21-41-36(33)44)43-37(45)25-6-4-3-5-7-25/h3-18,21-22,31-32,34,38H,19-20H2,1-2H3,(H-,40,41,43,45,46,47)/p+1/t31-,32-,34-,38-/m1/s1. The van der Waals surface area contributed by atoms with E-state index in [-0.39, 0.29) is 30.2 Å². The van der Waals surface area contributed by atoms with Gasteiger partial charge in [-0.25, -0.2) is 19.3 Å². The van der Waals surface area contributed by atoms with E-state index in [2.05, 4.69) is 26.3 Å². The predicted octanol–water partition coefficient (Wildman–Crippen LogP) is 6.92. The first kappa shape index (κ1) is 35.8. The zero-order chi connectivity index (χ0) is 36.9. The highest BCUT2D eigenvalue weighted by Gasteiger charge is 2.52. The molecule has 5 atom stereocenters. The average molecular weight is 739 g/mol. The summed E-state index contributed by atoms with van der Waals surface area (Å²) in [6.07, 6.45) is -3.28. The molecule has 1 unspecified atom stereocenters. The fraction of sp³-hybridized carbons (Fsp3) is 0.211. The molecule has 0 bridgehead atoms. The first-order chi connectivity index (χ1) is 25.8. The quantitative estimate of drug-likeness (QED) is 0.119. The third-order valence-corrected chi connectivity index (χ3v) is 9.28. The molecule has 1 amide bonds. The minimum absolute atomic E-state index is 0.107. The van der Waals surface area contributed by atoms with E-state index in [0.717, 1.165) is 33.6 Å². The van der Waals surface area contributed by atoms with Crippen molar-refractivity contribution in [1.82, 2.24) is 19.5 Å². The number of imidazole rings is 1. The van der Waals surface area contributed by atoms with Crippen LogP contribution in [0.25, 0.3) is 33.4 Å². The number of aromatic nitrogens is 4. The number of carbonyl (C=O) groups is 1. The predicted molar refractivity (Wildman–Crippen MR) is 193 cm³/mol. The van der Waals surface area contributed by atoms with Gasteiger partial charge in [0.2, 0.25) is 0 Å². The van der Waals surface area contributed by atoms with Gasteiger partial charge in [0.25, 0.3) is 5.91 Å². The van der Waals surface area contributed by atoms with Crippen molar-refractivity contribution in [2.24, 2.45) is 0 Å². The van der Waals surface area contributed by atoms with Crippen LogP contribution in [0.3, 0.4) is 0 Å². The summed E-state index contributed by atoms with van der Waals surface area (Å²) >= 11 is 0. The van der Waals surface area contributed by atoms with Crippen molar-refractivity contribution in [1.29, 1.82) is 0 Å². The Balaban J connectivity index is 1.11. The van der Waals surface area contributed by atoms with Crippen LogP contribution in [0, 0.1) is 0 Å². The van der Waals surface area contributed by atoms with E-state index >= 15 is 4.39 Å². The largest absolute Gasteiger partial charge is 0.695 e. The summed E-state index contributed by atoms with van der Waals surface area (Å²) in [5.41, 5.74) is 5.41. The van der Waals surface area contributed by atoms with Gasteiger partial charge in [0, 0.05) is 10.1 Å². The van der Waals surface area contributed by atoms with E-state index < -0.39 is 38.8 Å². The molecule has 7 rings (SSSR count). The van der Waals surface area contributed by atoms with Crippen LogP contribution in [-0.2, 0) is 25.2 Å². The Morgan fingerprint density at radius 3 is 2.26 bits per heavy atom. The Kier molecular flexibility index (Phi) is 10.8. The van der Waals surface area contributed by atoms with Crippen LogP contribution in [0.2, 0.25) is 0 Å². The summed E-state index contributed by atoms with van der Waals surface area (Å²) in [5, 5.41) is 2.71. The molecule has 0 aliphatic carbocycles. The van der Waals surface area contributed by atoms with Crippen molar-refractivity contribution in [3.05, 3.63) is 121 Å². The number of alkyl halides is 1. The van der Waals surface area contributed by atoms with Gasteiger partial charge in [-0.05, 0) is 70.3 Å². The summed E-state index contributed by atoms with van der Waals surface area (Å²) < 4.78 is 57.3. The number of anilines is 1. The number of fused-ring (bicyclic) bond motifs is 1. The fourth-order valence-corrected chi connectivity index (χ4v) is 6.63. The summed E-state index contributed by atoms with van der Waals surface area (Å²) in [5.74, 6) is 1.17. The molecular weight excluding hydrogens is 704 g/mol. The van der Waals surface area contributed by atoms with Crippen LogP contribution < -0.4 is 14.8 Å². The zero-order valence-electron chi connectivity index (χ0n) is 28.5. The molecule has 2 aromatic heterocycles. The maximum atomic E-state index is 16.1. The minimum Gasteiger partial charge on any atom is -0.497 e. The van der Waals surface area contributed by atoms with E-state index in [1.54, 1.807) is 44.6 Å². The molecule has 4 aromatic carbocycles. The molecule has 3 heterocycles. The second-order valence-electron chi connectivity index (χ2n) is 12.0. The fourth-order valence-electron chi connectivity index (χ4n) is 6.17. The Labute approximate surface area is 304 Å². The van der Waals surface area contributed by atoms with E-state index in [1.807, 2.05) is 60.7 Å². The van der Waals surface area contributed by atoms with Crippen LogP contribution in [0.4, 0.5) is 10.2 Å². The lowest BCUT2D eigenvalue weighted by atomic mass is 9.94. The second kappa shape index (κ2) is 15.9. The summed E-state index contributed by atoms with van der Waals surface area (Å²) in [7, 11) is 0.0409. The second-order valence-corrected chi connectivity index (χ2v) is 12.7. The van der Waals surface area contributed by atoms with Crippen LogP contribution in [0.5, 0.6) is 11.5 Å². The molecular formula is C38H34FN5O8P+. The number of benzene rings is 4. The molecule has 6 aromatic rings. The van der Waals surface area contributed by atoms with E-state index in [9.17, 15) is 14.3 Å². The summed E-state index contributed by atoms with van der Waals surface area (Å²) in [6, 6.07) is 30.0. The first-order valence-corrected chi connectivity index (χ1v) is 17.6. The highest BCUT2D eigenvalue weighted by atomic mass is 31.1.